The molecule has 40 heavy (non-hydrogen) atoms. The lowest BCUT2D eigenvalue weighted by Crippen LogP contribution is -2.52. The van der Waals surface area contributed by atoms with Crippen LogP contribution >= 0.6 is 0 Å². The average Bonchev–Trinajstić information content (AvgIpc) is 2.95. The van der Waals surface area contributed by atoms with Gasteiger partial charge in [0, 0.05) is 13.1 Å². The van der Waals surface area contributed by atoms with E-state index in [1.54, 1.807) is 37.3 Å². The number of benzene rings is 3. The fourth-order valence-corrected chi connectivity index (χ4v) is 5.73. The molecule has 0 fully saturated rings. The molecule has 0 heterocycles. The van der Waals surface area contributed by atoms with Crippen LogP contribution in [0.5, 0.6) is 0 Å². The molecule has 0 aromatic heterocycles. The zero-order valence-electron chi connectivity index (χ0n) is 24.1. The monoisotopic (exact) mass is 563 g/mol. The maximum Gasteiger partial charge on any atom is 0.264 e. The zero-order chi connectivity index (χ0) is 29.3. The number of carbonyl (C=O) groups is 2. The molecule has 0 aliphatic rings. The van der Waals surface area contributed by atoms with Crippen LogP contribution in [0, 0.1) is 5.92 Å². The second-order valence-corrected chi connectivity index (χ2v) is 12.6. The predicted molar refractivity (Wildman–Crippen MR) is 161 cm³/mol. The van der Waals surface area contributed by atoms with Crippen molar-refractivity contribution in [1.82, 2.24) is 10.2 Å². The van der Waals surface area contributed by atoms with Crippen LogP contribution in [0.1, 0.15) is 51.7 Å². The van der Waals surface area contributed by atoms with E-state index in [1.165, 1.54) is 17.0 Å². The van der Waals surface area contributed by atoms with E-state index in [2.05, 4.69) is 19.2 Å². The first kappa shape index (κ1) is 30.9. The van der Waals surface area contributed by atoms with Gasteiger partial charge in [-0.15, -0.1) is 0 Å². The van der Waals surface area contributed by atoms with Crippen LogP contribution in [0.3, 0.4) is 0 Å². The number of hydrogen-bond acceptors (Lipinski definition) is 4. The fourth-order valence-electron chi connectivity index (χ4n) is 4.30. The molecule has 0 spiro atoms. The standard InChI is InChI=1S/C32H41N3O4S/c1-24(2)22-33-32(37)26(5)34(21-20-27-12-8-6-9-13-27)31(36)23-35(29-18-16-28(17-19-29)25(3)4)40(38,39)30-14-10-7-11-15-30/h6-19,24-26H,20-23H2,1-5H3,(H,33,37)/t26-/m0/s1. The van der Waals surface area contributed by atoms with Gasteiger partial charge in [-0.3, -0.25) is 13.9 Å². The Morgan fingerprint density at radius 2 is 1.38 bits per heavy atom. The van der Waals surface area contributed by atoms with Gasteiger partial charge < -0.3 is 10.2 Å². The summed E-state index contributed by atoms with van der Waals surface area (Å²) in [5.74, 6) is -0.192. The van der Waals surface area contributed by atoms with Gasteiger partial charge in [0.2, 0.25) is 11.8 Å². The summed E-state index contributed by atoms with van der Waals surface area (Å²) in [6, 6.07) is 24.2. The lowest BCUT2D eigenvalue weighted by Gasteiger charge is -2.32. The highest BCUT2D eigenvalue weighted by Gasteiger charge is 2.32. The second-order valence-electron chi connectivity index (χ2n) is 10.7. The zero-order valence-corrected chi connectivity index (χ0v) is 24.9. The molecule has 0 aliphatic carbocycles. The Morgan fingerprint density at radius 3 is 1.93 bits per heavy atom. The summed E-state index contributed by atoms with van der Waals surface area (Å²) < 4.78 is 28.8. The van der Waals surface area contributed by atoms with Gasteiger partial charge in [0.25, 0.3) is 10.0 Å². The maximum absolute atomic E-state index is 13.9. The smallest absolute Gasteiger partial charge is 0.264 e. The van der Waals surface area contributed by atoms with Crippen LogP contribution in [0.25, 0.3) is 0 Å². The third-order valence-electron chi connectivity index (χ3n) is 6.79. The van der Waals surface area contributed by atoms with Crippen LogP contribution in [0.2, 0.25) is 0 Å². The summed E-state index contributed by atoms with van der Waals surface area (Å²) >= 11 is 0. The summed E-state index contributed by atoms with van der Waals surface area (Å²) in [5, 5.41) is 2.91. The van der Waals surface area contributed by atoms with Gasteiger partial charge in [0.05, 0.1) is 10.6 Å². The van der Waals surface area contributed by atoms with Gasteiger partial charge in [-0.25, -0.2) is 8.42 Å². The Labute approximate surface area is 239 Å². The highest BCUT2D eigenvalue weighted by Crippen LogP contribution is 2.26. The number of sulfonamides is 1. The Morgan fingerprint density at radius 1 is 0.800 bits per heavy atom. The van der Waals surface area contributed by atoms with E-state index < -0.39 is 28.5 Å². The lowest BCUT2D eigenvalue weighted by molar-refractivity contribution is -0.138. The van der Waals surface area contributed by atoms with Gasteiger partial charge in [0.1, 0.15) is 12.6 Å². The van der Waals surface area contributed by atoms with Crippen molar-refractivity contribution in [1.29, 1.82) is 0 Å². The van der Waals surface area contributed by atoms with Crippen molar-refractivity contribution >= 4 is 27.5 Å². The summed E-state index contributed by atoms with van der Waals surface area (Å²) in [6.07, 6.45) is 0.531. The minimum atomic E-state index is -4.07. The molecule has 1 N–H and O–H groups in total. The van der Waals surface area contributed by atoms with E-state index in [-0.39, 0.29) is 29.2 Å². The van der Waals surface area contributed by atoms with Crippen molar-refractivity contribution in [3.63, 3.8) is 0 Å². The third-order valence-corrected chi connectivity index (χ3v) is 8.58. The van der Waals surface area contributed by atoms with Crippen LogP contribution in [0.4, 0.5) is 5.69 Å². The van der Waals surface area contributed by atoms with Crippen LogP contribution < -0.4 is 9.62 Å². The third kappa shape index (κ3) is 8.18. The van der Waals surface area contributed by atoms with Gasteiger partial charge in [-0.2, -0.15) is 0 Å². The molecule has 3 aromatic rings. The molecule has 0 saturated carbocycles. The van der Waals surface area contributed by atoms with E-state index in [1.807, 2.05) is 56.3 Å². The van der Waals surface area contributed by atoms with Gasteiger partial charge in [-0.05, 0) is 60.6 Å². The molecule has 214 valence electrons. The van der Waals surface area contributed by atoms with E-state index in [0.717, 1.165) is 15.4 Å². The van der Waals surface area contributed by atoms with Crippen molar-refractivity contribution in [2.75, 3.05) is 23.9 Å². The van der Waals surface area contributed by atoms with Crippen molar-refractivity contribution < 1.29 is 18.0 Å². The van der Waals surface area contributed by atoms with Crippen molar-refractivity contribution in [2.45, 2.75) is 57.9 Å². The Kier molecular flexibility index (Phi) is 10.9. The quantitative estimate of drug-likeness (QED) is 0.308. The summed E-state index contributed by atoms with van der Waals surface area (Å²) in [7, 11) is -4.07. The van der Waals surface area contributed by atoms with E-state index in [4.69, 9.17) is 0 Å². The maximum atomic E-state index is 13.9. The molecule has 0 radical (unpaired) electrons. The fraction of sp³-hybridized carbons (Fsp3) is 0.375. The Hall–Kier alpha value is -3.65. The molecule has 8 heteroatoms. The highest BCUT2D eigenvalue weighted by molar-refractivity contribution is 7.92. The first-order chi connectivity index (χ1) is 19.0. The Balaban J connectivity index is 1.96. The molecule has 0 aliphatic heterocycles. The number of rotatable bonds is 13. The van der Waals surface area contributed by atoms with Crippen LogP contribution in [-0.2, 0) is 26.0 Å². The first-order valence-corrected chi connectivity index (χ1v) is 15.2. The van der Waals surface area contributed by atoms with Gasteiger partial charge in [0.15, 0.2) is 0 Å². The highest BCUT2D eigenvalue weighted by atomic mass is 32.2. The van der Waals surface area contributed by atoms with Crippen molar-refractivity contribution in [2.24, 2.45) is 5.92 Å². The number of nitrogens with zero attached hydrogens (tertiary/aromatic N) is 2. The molecule has 0 unspecified atom stereocenters. The molecule has 1 atom stereocenters. The Bertz CT molecular complexity index is 1340. The minimum Gasteiger partial charge on any atom is -0.354 e. The molecule has 3 rings (SSSR count). The van der Waals surface area contributed by atoms with E-state index in [9.17, 15) is 18.0 Å². The van der Waals surface area contributed by atoms with E-state index >= 15 is 0 Å². The number of hydrogen-bond donors (Lipinski definition) is 1. The minimum absolute atomic E-state index is 0.0919. The van der Waals surface area contributed by atoms with Crippen molar-refractivity contribution in [3.05, 3.63) is 96.1 Å². The van der Waals surface area contributed by atoms with E-state index in [0.29, 0.717) is 18.7 Å². The number of carbonyl (C=O) groups excluding carboxylic acids is 2. The SMILES string of the molecule is CC(C)CNC(=O)[C@H](C)N(CCc1ccccc1)C(=O)CN(c1ccc(C(C)C)cc1)S(=O)(=O)c1ccccc1. The molecular weight excluding hydrogens is 522 g/mol. The predicted octanol–water partition coefficient (Wildman–Crippen LogP) is 5.24. The summed E-state index contributed by atoms with van der Waals surface area (Å²) in [4.78, 5) is 28.5. The number of anilines is 1. The second kappa shape index (κ2) is 14.1. The normalized spacial score (nSPS) is 12.3. The van der Waals surface area contributed by atoms with Crippen LogP contribution in [-0.4, -0.2) is 50.8 Å². The number of amides is 2. The molecule has 7 nitrogen and oxygen atoms in total. The number of nitrogens with one attached hydrogen (secondary N) is 1. The molecule has 2 amide bonds. The largest absolute Gasteiger partial charge is 0.354 e. The molecular formula is C32H41N3O4S. The summed E-state index contributed by atoms with van der Waals surface area (Å²) in [6.45, 7) is 10.1. The van der Waals surface area contributed by atoms with Gasteiger partial charge >= 0.3 is 0 Å². The van der Waals surface area contributed by atoms with Crippen LogP contribution in [0.15, 0.2) is 89.8 Å². The van der Waals surface area contributed by atoms with Crippen molar-refractivity contribution in [3.8, 4) is 0 Å². The first-order valence-electron chi connectivity index (χ1n) is 13.8. The topological polar surface area (TPSA) is 86.8 Å². The van der Waals surface area contributed by atoms with Gasteiger partial charge in [-0.1, -0.05) is 88.4 Å². The lowest BCUT2D eigenvalue weighted by atomic mass is 10.0. The molecule has 0 saturated heterocycles. The molecule has 3 aromatic carbocycles. The summed E-state index contributed by atoms with van der Waals surface area (Å²) in [5.41, 5.74) is 2.47. The average molecular weight is 564 g/mol. The molecule has 0 bridgehead atoms.